The SMILES string of the molecule is CCCCN(CCO)CC(C)C(=O)OC. The van der Waals surface area contributed by atoms with Crippen LogP contribution in [0.2, 0.25) is 0 Å². The summed E-state index contributed by atoms with van der Waals surface area (Å²) in [6.07, 6.45) is 2.21. The van der Waals surface area contributed by atoms with Crippen LogP contribution in [0, 0.1) is 5.92 Å². The molecule has 0 aromatic rings. The number of carbonyl (C=O) groups excluding carboxylic acids is 1. The van der Waals surface area contributed by atoms with E-state index in [2.05, 4.69) is 16.6 Å². The molecule has 1 N–H and O–H groups in total. The topological polar surface area (TPSA) is 49.8 Å². The lowest BCUT2D eigenvalue weighted by Gasteiger charge is -2.23. The first-order valence-electron chi connectivity index (χ1n) is 5.56. The van der Waals surface area contributed by atoms with Crippen LogP contribution in [0.5, 0.6) is 0 Å². The number of rotatable bonds is 8. The van der Waals surface area contributed by atoms with Gasteiger partial charge in [0.05, 0.1) is 19.6 Å². The van der Waals surface area contributed by atoms with Gasteiger partial charge in [-0.15, -0.1) is 0 Å². The number of methoxy groups -OCH3 is 1. The molecule has 0 amide bonds. The molecule has 0 radical (unpaired) electrons. The van der Waals surface area contributed by atoms with Crippen molar-refractivity contribution in [1.82, 2.24) is 4.90 Å². The summed E-state index contributed by atoms with van der Waals surface area (Å²) in [7, 11) is 1.40. The van der Waals surface area contributed by atoms with Crippen molar-refractivity contribution in [3.8, 4) is 0 Å². The molecule has 0 aromatic carbocycles. The van der Waals surface area contributed by atoms with Gasteiger partial charge < -0.3 is 14.7 Å². The molecule has 0 heterocycles. The summed E-state index contributed by atoms with van der Waals surface area (Å²) < 4.78 is 4.67. The molecule has 0 spiro atoms. The van der Waals surface area contributed by atoms with Gasteiger partial charge in [0, 0.05) is 13.1 Å². The smallest absolute Gasteiger partial charge is 0.309 e. The summed E-state index contributed by atoms with van der Waals surface area (Å²) in [5, 5.41) is 8.89. The zero-order chi connectivity index (χ0) is 11.7. The van der Waals surface area contributed by atoms with E-state index in [1.807, 2.05) is 6.92 Å². The molecule has 0 bridgehead atoms. The molecule has 0 aliphatic heterocycles. The molecule has 90 valence electrons. The van der Waals surface area contributed by atoms with Crippen molar-refractivity contribution >= 4 is 5.97 Å². The van der Waals surface area contributed by atoms with Gasteiger partial charge in [-0.2, -0.15) is 0 Å². The van der Waals surface area contributed by atoms with Gasteiger partial charge in [0.1, 0.15) is 0 Å². The Morgan fingerprint density at radius 3 is 2.60 bits per heavy atom. The number of hydrogen-bond donors (Lipinski definition) is 1. The van der Waals surface area contributed by atoms with Gasteiger partial charge in [0.2, 0.25) is 0 Å². The van der Waals surface area contributed by atoms with Crippen molar-refractivity contribution in [3.05, 3.63) is 0 Å². The largest absolute Gasteiger partial charge is 0.469 e. The molecule has 0 aromatic heterocycles. The Kier molecular flexibility index (Phi) is 8.33. The normalized spacial score (nSPS) is 12.9. The zero-order valence-electron chi connectivity index (χ0n) is 10.0. The molecule has 1 atom stereocenters. The average molecular weight is 217 g/mol. The number of aliphatic hydroxyl groups is 1. The fraction of sp³-hybridized carbons (Fsp3) is 0.909. The number of nitrogens with zero attached hydrogens (tertiary/aromatic N) is 1. The van der Waals surface area contributed by atoms with Gasteiger partial charge in [-0.25, -0.2) is 0 Å². The maximum atomic E-state index is 11.2. The Balaban J connectivity index is 3.96. The number of esters is 1. The highest BCUT2D eigenvalue weighted by atomic mass is 16.5. The maximum Gasteiger partial charge on any atom is 0.309 e. The number of ether oxygens (including phenoxy) is 1. The van der Waals surface area contributed by atoms with E-state index in [-0.39, 0.29) is 18.5 Å². The number of unbranched alkanes of at least 4 members (excludes halogenated alkanes) is 1. The molecule has 4 nitrogen and oxygen atoms in total. The van der Waals surface area contributed by atoms with Crippen molar-refractivity contribution in [3.63, 3.8) is 0 Å². The number of hydrogen-bond acceptors (Lipinski definition) is 4. The van der Waals surface area contributed by atoms with Gasteiger partial charge in [-0.05, 0) is 13.0 Å². The lowest BCUT2D eigenvalue weighted by Crippen LogP contribution is -2.35. The first kappa shape index (κ1) is 14.4. The zero-order valence-corrected chi connectivity index (χ0v) is 10.0. The summed E-state index contributed by atoms with van der Waals surface area (Å²) in [6, 6.07) is 0. The fourth-order valence-corrected chi connectivity index (χ4v) is 1.48. The molecule has 1 unspecified atom stereocenters. The lowest BCUT2D eigenvalue weighted by molar-refractivity contribution is -0.145. The summed E-state index contributed by atoms with van der Waals surface area (Å²) >= 11 is 0. The van der Waals surface area contributed by atoms with E-state index in [1.165, 1.54) is 7.11 Å². The van der Waals surface area contributed by atoms with Gasteiger partial charge in [0.25, 0.3) is 0 Å². The Morgan fingerprint density at radius 2 is 2.13 bits per heavy atom. The molecular weight excluding hydrogens is 194 g/mol. The molecule has 4 heteroatoms. The Labute approximate surface area is 92.2 Å². The van der Waals surface area contributed by atoms with Crippen LogP contribution >= 0.6 is 0 Å². The molecule has 0 rings (SSSR count). The van der Waals surface area contributed by atoms with Crippen LogP contribution in [0.15, 0.2) is 0 Å². The van der Waals surface area contributed by atoms with E-state index in [9.17, 15) is 4.79 Å². The number of aliphatic hydroxyl groups excluding tert-OH is 1. The first-order chi connectivity index (χ1) is 7.15. The predicted molar refractivity (Wildman–Crippen MR) is 59.6 cm³/mol. The first-order valence-corrected chi connectivity index (χ1v) is 5.56. The van der Waals surface area contributed by atoms with Crippen molar-refractivity contribution < 1.29 is 14.6 Å². The third-order valence-electron chi connectivity index (χ3n) is 2.38. The van der Waals surface area contributed by atoms with Crippen molar-refractivity contribution in [2.75, 3.05) is 33.4 Å². The second kappa shape index (κ2) is 8.68. The number of carbonyl (C=O) groups is 1. The van der Waals surface area contributed by atoms with Crippen LogP contribution in [0.1, 0.15) is 26.7 Å². The van der Waals surface area contributed by atoms with E-state index < -0.39 is 0 Å². The third-order valence-corrected chi connectivity index (χ3v) is 2.38. The highest BCUT2D eigenvalue weighted by molar-refractivity contribution is 5.72. The molecule has 0 saturated heterocycles. The van der Waals surface area contributed by atoms with Gasteiger partial charge in [-0.3, -0.25) is 4.79 Å². The predicted octanol–water partition coefficient (Wildman–Crippen LogP) is 0.890. The van der Waals surface area contributed by atoms with Crippen LogP contribution < -0.4 is 0 Å². The minimum atomic E-state index is -0.186. The minimum absolute atomic E-state index is 0.126. The summed E-state index contributed by atoms with van der Waals surface area (Å²) in [4.78, 5) is 13.3. The summed E-state index contributed by atoms with van der Waals surface area (Å²) in [5.41, 5.74) is 0. The van der Waals surface area contributed by atoms with E-state index in [4.69, 9.17) is 5.11 Å². The third kappa shape index (κ3) is 6.47. The average Bonchev–Trinajstić information content (AvgIpc) is 2.24. The van der Waals surface area contributed by atoms with Crippen molar-refractivity contribution in [1.29, 1.82) is 0 Å². The maximum absolute atomic E-state index is 11.2. The van der Waals surface area contributed by atoms with Crippen molar-refractivity contribution in [2.45, 2.75) is 26.7 Å². The van der Waals surface area contributed by atoms with Crippen molar-refractivity contribution in [2.24, 2.45) is 5.92 Å². The van der Waals surface area contributed by atoms with Gasteiger partial charge in [0.15, 0.2) is 0 Å². The van der Waals surface area contributed by atoms with E-state index in [0.29, 0.717) is 13.1 Å². The molecular formula is C11H23NO3. The van der Waals surface area contributed by atoms with Crippen LogP contribution in [0.25, 0.3) is 0 Å². The van der Waals surface area contributed by atoms with Crippen LogP contribution in [0.3, 0.4) is 0 Å². The monoisotopic (exact) mass is 217 g/mol. The van der Waals surface area contributed by atoms with Crippen LogP contribution in [-0.4, -0.2) is 49.3 Å². The molecule has 15 heavy (non-hydrogen) atoms. The molecule has 0 fully saturated rings. The summed E-state index contributed by atoms with van der Waals surface area (Å²) in [6.45, 7) is 6.33. The molecule has 0 saturated carbocycles. The molecule has 0 aliphatic rings. The Hall–Kier alpha value is -0.610. The summed E-state index contributed by atoms with van der Waals surface area (Å²) in [5.74, 6) is -0.312. The Morgan fingerprint density at radius 1 is 1.47 bits per heavy atom. The van der Waals surface area contributed by atoms with Crippen LogP contribution in [0.4, 0.5) is 0 Å². The lowest BCUT2D eigenvalue weighted by atomic mass is 10.1. The highest BCUT2D eigenvalue weighted by Crippen LogP contribution is 2.03. The quantitative estimate of drug-likeness (QED) is 0.613. The minimum Gasteiger partial charge on any atom is -0.469 e. The highest BCUT2D eigenvalue weighted by Gasteiger charge is 2.16. The Bertz CT molecular complexity index is 173. The van der Waals surface area contributed by atoms with Gasteiger partial charge >= 0.3 is 5.97 Å². The fourth-order valence-electron chi connectivity index (χ4n) is 1.48. The second-order valence-electron chi connectivity index (χ2n) is 3.80. The van der Waals surface area contributed by atoms with Crippen LogP contribution in [-0.2, 0) is 9.53 Å². The standard InChI is InChI=1S/C11H23NO3/c1-4-5-6-12(7-8-13)9-10(2)11(14)15-3/h10,13H,4-9H2,1-3H3. The second-order valence-corrected chi connectivity index (χ2v) is 3.80. The van der Waals surface area contributed by atoms with Gasteiger partial charge in [-0.1, -0.05) is 20.3 Å². The molecule has 0 aliphatic carbocycles. The van der Waals surface area contributed by atoms with E-state index >= 15 is 0 Å². The van der Waals surface area contributed by atoms with E-state index in [1.54, 1.807) is 0 Å². The van der Waals surface area contributed by atoms with E-state index in [0.717, 1.165) is 19.4 Å².